The van der Waals surface area contributed by atoms with Crippen molar-refractivity contribution in [3.8, 4) is 0 Å². The second-order valence-electron chi connectivity index (χ2n) is 8.52. The van der Waals surface area contributed by atoms with Crippen LogP contribution in [-0.4, -0.2) is 35.9 Å². The highest BCUT2D eigenvalue weighted by molar-refractivity contribution is 5.95. The Kier molecular flexibility index (Phi) is 4.46. The summed E-state index contributed by atoms with van der Waals surface area (Å²) in [4.78, 5) is 24.6. The van der Waals surface area contributed by atoms with E-state index in [0.717, 1.165) is 0 Å². The lowest BCUT2D eigenvalue weighted by Crippen LogP contribution is -2.53. The number of amides is 2. The van der Waals surface area contributed by atoms with Crippen molar-refractivity contribution in [3.05, 3.63) is 30.1 Å². The number of alkyl carbamates (subject to hydrolysis) is 1. The number of rotatable bonds is 4. The van der Waals surface area contributed by atoms with Crippen LogP contribution in [0.3, 0.4) is 0 Å². The third kappa shape index (κ3) is 3.82. The molecule has 1 saturated carbocycles. The number of carbonyl (C=O) groups is 2. The minimum absolute atomic E-state index is 0.290. The first-order valence-electron chi connectivity index (χ1n) is 8.72. The third-order valence-electron chi connectivity index (χ3n) is 4.72. The average Bonchev–Trinajstić information content (AvgIpc) is 2.92. The smallest absolute Gasteiger partial charge is 0.407 e. The first kappa shape index (κ1) is 18.6. The molecule has 4 rings (SSSR count). The molecule has 2 N–H and O–H groups in total. The molecular weight excluding hydrogens is 339 g/mol. The van der Waals surface area contributed by atoms with Gasteiger partial charge in [-0.05, 0) is 58.7 Å². The summed E-state index contributed by atoms with van der Waals surface area (Å²) in [6.07, 6.45) is 0.135. The molecule has 2 heterocycles. The molecule has 2 aliphatic heterocycles. The van der Waals surface area contributed by atoms with Crippen LogP contribution in [0.25, 0.3) is 0 Å². The largest absolute Gasteiger partial charge is 0.444 e. The van der Waals surface area contributed by atoms with Crippen molar-refractivity contribution in [2.75, 3.05) is 11.9 Å². The lowest BCUT2D eigenvalue weighted by molar-refractivity contribution is -0.128. The summed E-state index contributed by atoms with van der Waals surface area (Å²) in [5.74, 6) is -0.754. The Morgan fingerprint density at radius 1 is 1.35 bits per heavy atom. The quantitative estimate of drug-likeness (QED) is 0.860. The Labute approximate surface area is 152 Å². The lowest BCUT2D eigenvalue weighted by Gasteiger charge is -2.43. The molecule has 1 aromatic rings. The number of hydrogen-bond acceptors (Lipinski definition) is 4. The summed E-state index contributed by atoms with van der Waals surface area (Å²) in [7, 11) is 0. The van der Waals surface area contributed by atoms with Gasteiger partial charge in [0, 0.05) is 17.6 Å². The van der Waals surface area contributed by atoms with Crippen LogP contribution in [0.2, 0.25) is 0 Å². The number of nitrogens with one attached hydrogen (secondary N) is 2. The van der Waals surface area contributed by atoms with Crippen LogP contribution in [-0.2, 0) is 14.3 Å². The SMILES string of the molecule is CC(C)(C)OC(=O)NCC12CC(C)(C1)OC2C(=O)Nc1cccc(F)c1. The van der Waals surface area contributed by atoms with Crippen LogP contribution in [0.15, 0.2) is 24.3 Å². The van der Waals surface area contributed by atoms with Crippen LogP contribution in [0.4, 0.5) is 14.9 Å². The van der Waals surface area contributed by atoms with E-state index in [0.29, 0.717) is 25.1 Å². The first-order chi connectivity index (χ1) is 12.0. The van der Waals surface area contributed by atoms with Gasteiger partial charge in [-0.3, -0.25) is 4.79 Å². The molecule has 0 radical (unpaired) electrons. The highest BCUT2D eigenvalue weighted by atomic mass is 19.1. The van der Waals surface area contributed by atoms with Gasteiger partial charge in [0.2, 0.25) is 0 Å². The molecule has 1 atom stereocenters. The van der Waals surface area contributed by atoms with Crippen molar-refractivity contribution >= 4 is 17.7 Å². The van der Waals surface area contributed by atoms with Crippen LogP contribution in [0.1, 0.15) is 40.5 Å². The van der Waals surface area contributed by atoms with Crippen molar-refractivity contribution in [2.24, 2.45) is 5.41 Å². The standard InChI is InChI=1S/C19H25FN2O4/c1-17(2,3)26-16(24)21-11-19-9-18(4,10-19)25-14(19)15(23)22-13-7-5-6-12(20)8-13/h5-8,14H,9-11H2,1-4H3,(H,21,24)(H,22,23). The van der Waals surface area contributed by atoms with E-state index >= 15 is 0 Å². The van der Waals surface area contributed by atoms with E-state index in [1.54, 1.807) is 26.8 Å². The lowest BCUT2D eigenvalue weighted by atomic mass is 9.60. The second-order valence-corrected chi connectivity index (χ2v) is 8.52. The summed E-state index contributed by atoms with van der Waals surface area (Å²) in [5, 5.41) is 5.46. The van der Waals surface area contributed by atoms with Gasteiger partial charge in [0.1, 0.15) is 17.5 Å². The summed E-state index contributed by atoms with van der Waals surface area (Å²) in [6, 6.07) is 5.71. The fourth-order valence-corrected chi connectivity index (χ4v) is 4.00. The Balaban J connectivity index is 1.65. The van der Waals surface area contributed by atoms with Crippen molar-refractivity contribution in [3.63, 3.8) is 0 Å². The third-order valence-corrected chi connectivity index (χ3v) is 4.72. The molecule has 7 heteroatoms. The molecule has 2 amide bonds. The zero-order valence-electron chi connectivity index (χ0n) is 15.5. The fraction of sp³-hybridized carbons (Fsp3) is 0.579. The number of benzene rings is 1. The number of ether oxygens (including phenoxy) is 2. The normalized spacial score (nSPS) is 29.7. The number of anilines is 1. The van der Waals surface area contributed by atoms with Crippen molar-refractivity contribution in [2.45, 2.75) is 57.8 Å². The Morgan fingerprint density at radius 3 is 2.65 bits per heavy atom. The van der Waals surface area contributed by atoms with Gasteiger partial charge < -0.3 is 20.1 Å². The van der Waals surface area contributed by atoms with Gasteiger partial charge >= 0.3 is 6.09 Å². The molecule has 1 unspecified atom stereocenters. The van der Waals surface area contributed by atoms with Crippen LogP contribution >= 0.6 is 0 Å². The Hall–Kier alpha value is -2.15. The molecule has 6 nitrogen and oxygen atoms in total. The van der Waals surface area contributed by atoms with E-state index in [1.807, 2.05) is 6.92 Å². The molecule has 2 saturated heterocycles. The summed E-state index contributed by atoms with van der Waals surface area (Å²) < 4.78 is 24.5. The summed E-state index contributed by atoms with van der Waals surface area (Å²) >= 11 is 0. The topological polar surface area (TPSA) is 76.7 Å². The zero-order chi connectivity index (χ0) is 19.2. The van der Waals surface area contributed by atoms with E-state index in [-0.39, 0.29) is 11.5 Å². The van der Waals surface area contributed by atoms with Gasteiger partial charge in [-0.15, -0.1) is 0 Å². The van der Waals surface area contributed by atoms with Gasteiger partial charge in [-0.2, -0.15) is 0 Å². The molecule has 1 aromatic carbocycles. The van der Waals surface area contributed by atoms with Crippen LogP contribution in [0.5, 0.6) is 0 Å². The van der Waals surface area contributed by atoms with Crippen molar-refractivity contribution in [1.29, 1.82) is 0 Å². The summed E-state index contributed by atoms with van der Waals surface area (Å²) in [5.41, 5.74) is -1.04. The fourth-order valence-electron chi connectivity index (χ4n) is 4.00. The maximum atomic E-state index is 13.3. The van der Waals surface area contributed by atoms with Crippen molar-refractivity contribution in [1.82, 2.24) is 5.32 Å². The van der Waals surface area contributed by atoms with Crippen LogP contribution < -0.4 is 10.6 Å². The summed E-state index contributed by atoms with van der Waals surface area (Å²) in [6.45, 7) is 7.62. The van der Waals surface area contributed by atoms with Gasteiger partial charge in [0.25, 0.3) is 5.91 Å². The zero-order valence-corrected chi connectivity index (χ0v) is 15.5. The molecule has 1 aliphatic carbocycles. The number of carbonyl (C=O) groups excluding carboxylic acids is 2. The highest BCUT2D eigenvalue weighted by Crippen LogP contribution is 2.61. The van der Waals surface area contributed by atoms with Gasteiger partial charge in [-0.25, -0.2) is 9.18 Å². The minimum Gasteiger partial charge on any atom is -0.444 e. The second kappa shape index (κ2) is 6.23. The first-order valence-corrected chi connectivity index (χ1v) is 8.72. The van der Waals surface area contributed by atoms with Crippen molar-refractivity contribution < 1.29 is 23.5 Å². The highest BCUT2D eigenvalue weighted by Gasteiger charge is 2.67. The Bertz CT molecular complexity index is 722. The predicted molar refractivity (Wildman–Crippen MR) is 94.2 cm³/mol. The van der Waals surface area contributed by atoms with E-state index in [2.05, 4.69) is 10.6 Å². The number of halogens is 1. The van der Waals surface area contributed by atoms with Crippen LogP contribution in [0, 0.1) is 11.2 Å². The molecule has 142 valence electrons. The molecule has 0 aromatic heterocycles. The average molecular weight is 364 g/mol. The van der Waals surface area contributed by atoms with E-state index < -0.39 is 29.0 Å². The van der Waals surface area contributed by atoms with E-state index in [4.69, 9.17) is 9.47 Å². The minimum atomic E-state index is -0.703. The molecule has 3 fully saturated rings. The Morgan fingerprint density at radius 2 is 2.04 bits per heavy atom. The molecule has 3 aliphatic rings. The maximum Gasteiger partial charge on any atom is 0.407 e. The molecule has 2 bridgehead atoms. The molecule has 0 spiro atoms. The van der Waals surface area contributed by atoms with E-state index in [1.165, 1.54) is 18.2 Å². The maximum absolute atomic E-state index is 13.3. The van der Waals surface area contributed by atoms with E-state index in [9.17, 15) is 14.0 Å². The molecule has 26 heavy (non-hydrogen) atoms. The van der Waals surface area contributed by atoms with Gasteiger partial charge in [0.15, 0.2) is 0 Å². The van der Waals surface area contributed by atoms with Gasteiger partial charge in [0.05, 0.1) is 5.60 Å². The molecular formula is C19H25FN2O4. The van der Waals surface area contributed by atoms with Gasteiger partial charge in [-0.1, -0.05) is 6.07 Å². The predicted octanol–water partition coefficient (Wildman–Crippen LogP) is 3.23. The number of hydrogen-bond donors (Lipinski definition) is 2. The monoisotopic (exact) mass is 364 g/mol. The number of fused-ring (bicyclic) bond motifs is 1.